The Labute approximate surface area is 117 Å². The monoisotopic (exact) mass is 271 g/mol. The van der Waals surface area contributed by atoms with Crippen LogP contribution >= 0.6 is 0 Å². The summed E-state index contributed by atoms with van der Waals surface area (Å²) in [6.07, 6.45) is 4.16. The molecule has 1 heterocycles. The fraction of sp³-hybridized carbons (Fsp3) is 0.929. The molecular formula is C14H29N3O2. The number of nitrogens with two attached hydrogens (primary N) is 1. The summed E-state index contributed by atoms with van der Waals surface area (Å²) in [5.74, 6) is -0.328. The first-order valence-corrected chi connectivity index (χ1v) is 7.13. The van der Waals surface area contributed by atoms with Crippen LogP contribution in [0.1, 0.15) is 32.6 Å². The van der Waals surface area contributed by atoms with Gasteiger partial charge in [0, 0.05) is 12.6 Å². The Morgan fingerprint density at radius 2 is 2.26 bits per heavy atom. The van der Waals surface area contributed by atoms with E-state index < -0.39 is 5.54 Å². The first kappa shape index (κ1) is 16.4. The standard InChI is InChI=1S/C14H29N3O2/c1-14(15,13(18)19-4)8-6-9-16(2)11-12-7-5-10-17(12)3/h12H,5-11,15H2,1-4H3. The molecule has 1 aliphatic heterocycles. The second-order valence-corrected chi connectivity index (χ2v) is 6.05. The van der Waals surface area contributed by atoms with Crippen molar-refractivity contribution in [2.45, 2.75) is 44.2 Å². The minimum Gasteiger partial charge on any atom is -0.468 e. The Morgan fingerprint density at radius 1 is 1.58 bits per heavy atom. The van der Waals surface area contributed by atoms with Crippen molar-refractivity contribution in [3.8, 4) is 0 Å². The van der Waals surface area contributed by atoms with Gasteiger partial charge in [-0.3, -0.25) is 4.79 Å². The number of hydrogen-bond donors (Lipinski definition) is 1. The van der Waals surface area contributed by atoms with Crippen LogP contribution in [0.15, 0.2) is 0 Å². The quantitative estimate of drug-likeness (QED) is 0.690. The van der Waals surface area contributed by atoms with E-state index >= 15 is 0 Å². The SMILES string of the molecule is COC(=O)C(C)(N)CCCN(C)CC1CCCN1C. The molecule has 1 rings (SSSR count). The summed E-state index contributed by atoms with van der Waals surface area (Å²) in [5, 5.41) is 0. The maximum Gasteiger partial charge on any atom is 0.325 e. The van der Waals surface area contributed by atoms with Gasteiger partial charge in [0.25, 0.3) is 0 Å². The smallest absolute Gasteiger partial charge is 0.325 e. The maximum atomic E-state index is 11.5. The highest BCUT2D eigenvalue weighted by molar-refractivity contribution is 5.79. The predicted molar refractivity (Wildman–Crippen MR) is 77.0 cm³/mol. The molecule has 2 unspecified atom stereocenters. The van der Waals surface area contributed by atoms with Crippen LogP contribution in [0.25, 0.3) is 0 Å². The zero-order valence-electron chi connectivity index (χ0n) is 12.8. The molecule has 1 aliphatic rings. The Balaban J connectivity index is 2.23. The average molecular weight is 271 g/mol. The summed E-state index contributed by atoms with van der Waals surface area (Å²) >= 11 is 0. The van der Waals surface area contributed by atoms with Crippen LogP contribution < -0.4 is 5.73 Å². The third-order valence-electron chi connectivity index (χ3n) is 4.08. The number of ether oxygens (including phenoxy) is 1. The van der Waals surface area contributed by atoms with Gasteiger partial charge in [-0.05, 0) is 59.8 Å². The average Bonchev–Trinajstić information content (AvgIpc) is 2.73. The van der Waals surface area contributed by atoms with E-state index in [1.165, 1.54) is 26.5 Å². The van der Waals surface area contributed by atoms with Gasteiger partial charge in [-0.25, -0.2) is 0 Å². The van der Waals surface area contributed by atoms with E-state index in [0.717, 1.165) is 19.5 Å². The van der Waals surface area contributed by atoms with Crippen molar-refractivity contribution < 1.29 is 9.53 Å². The van der Waals surface area contributed by atoms with Crippen LogP contribution in [-0.4, -0.2) is 68.2 Å². The molecule has 0 bridgehead atoms. The Kier molecular flexibility index (Phi) is 6.23. The maximum absolute atomic E-state index is 11.5. The molecular weight excluding hydrogens is 242 g/mol. The largest absolute Gasteiger partial charge is 0.468 e. The van der Waals surface area contributed by atoms with Gasteiger partial charge in [0.15, 0.2) is 0 Å². The van der Waals surface area contributed by atoms with Crippen LogP contribution in [-0.2, 0) is 9.53 Å². The molecule has 0 amide bonds. The van der Waals surface area contributed by atoms with Crippen LogP contribution in [0, 0.1) is 0 Å². The molecule has 1 saturated heterocycles. The van der Waals surface area contributed by atoms with Crippen molar-refractivity contribution in [1.29, 1.82) is 0 Å². The van der Waals surface area contributed by atoms with Gasteiger partial charge in [0.05, 0.1) is 7.11 Å². The fourth-order valence-electron chi connectivity index (χ4n) is 2.71. The number of likely N-dealkylation sites (N-methyl/N-ethyl adjacent to an activating group) is 2. The number of esters is 1. The molecule has 5 heteroatoms. The molecule has 0 spiro atoms. The van der Waals surface area contributed by atoms with Crippen molar-refractivity contribution in [3.05, 3.63) is 0 Å². The van der Waals surface area contributed by atoms with E-state index in [1.807, 2.05) is 0 Å². The topological polar surface area (TPSA) is 58.8 Å². The second-order valence-electron chi connectivity index (χ2n) is 6.05. The van der Waals surface area contributed by atoms with Crippen molar-refractivity contribution in [2.75, 3.05) is 40.8 Å². The van der Waals surface area contributed by atoms with E-state index in [1.54, 1.807) is 6.92 Å². The highest BCUT2D eigenvalue weighted by atomic mass is 16.5. The van der Waals surface area contributed by atoms with Gasteiger partial charge in [-0.1, -0.05) is 0 Å². The van der Waals surface area contributed by atoms with Crippen molar-refractivity contribution in [3.63, 3.8) is 0 Å². The molecule has 0 aromatic carbocycles. The van der Waals surface area contributed by atoms with Gasteiger partial charge in [0.2, 0.25) is 0 Å². The number of hydrogen-bond acceptors (Lipinski definition) is 5. The molecule has 19 heavy (non-hydrogen) atoms. The lowest BCUT2D eigenvalue weighted by molar-refractivity contribution is -0.146. The van der Waals surface area contributed by atoms with Crippen LogP contribution in [0.3, 0.4) is 0 Å². The van der Waals surface area contributed by atoms with Gasteiger partial charge in [-0.2, -0.15) is 0 Å². The minimum atomic E-state index is -0.861. The van der Waals surface area contributed by atoms with Crippen molar-refractivity contribution in [2.24, 2.45) is 5.73 Å². The highest BCUT2D eigenvalue weighted by Crippen LogP contribution is 2.16. The van der Waals surface area contributed by atoms with E-state index in [-0.39, 0.29) is 5.97 Å². The first-order chi connectivity index (χ1) is 8.86. The molecule has 5 nitrogen and oxygen atoms in total. The Bertz CT molecular complexity index is 294. The normalized spacial score (nSPS) is 23.6. The molecule has 1 fully saturated rings. The third-order valence-corrected chi connectivity index (χ3v) is 4.08. The number of nitrogens with zero attached hydrogens (tertiary/aromatic N) is 2. The van der Waals surface area contributed by atoms with Crippen LogP contribution in [0.4, 0.5) is 0 Å². The number of methoxy groups -OCH3 is 1. The second kappa shape index (κ2) is 7.22. The molecule has 0 aromatic rings. The lowest BCUT2D eigenvalue weighted by Gasteiger charge is -2.27. The molecule has 112 valence electrons. The third kappa shape index (κ3) is 5.09. The van der Waals surface area contributed by atoms with Crippen LogP contribution in [0.2, 0.25) is 0 Å². The van der Waals surface area contributed by atoms with Crippen LogP contribution in [0.5, 0.6) is 0 Å². The predicted octanol–water partition coefficient (Wildman–Crippen LogP) is 0.683. The molecule has 0 radical (unpaired) electrons. The fourth-order valence-corrected chi connectivity index (χ4v) is 2.71. The van der Waals surface area contributed by atoms with Gasteiger partial charge < -0.3 is 20.3 Å². The number of carbonyl (C=O) groups is 1. The van der Waals surface area contributed by atoms with E-state index in [0.29, 0.717) is 12.5 Å². The van der Waals surface area contributed by atoms with Crippen molar-refractivity contribution >= 4 is 5.97 Å². The van der Waals surface area contributed by atoms with Crippen molar-refractivity contribution in [1.82, 2.24) is 9.80 Å². The Morgan fingerprint density at radius 3 is 2.79 bits per heavy atom. The number of rotatable bonds is 7. The molecule has 0 saturated carbocycles. The zero-order valence-corrected chi connectivity index (χ0v) is 12.8. The van der Waals surface area contributed by atoms with E-state index in [2.05, 4.69) is 23.9 Å². The molecule has 0 aliphatic carbocycles. The Hall–Kier alpha value is -0.650. The number of likely N-dealkylation sites (tertiary alicyclic amines) is 1. The van der Waals surface area contributed by atoms with Gasteiger partial charge >= 0.3 is 5.97 Å². The summed E-state index contributed by atoms with van der Waals surface area (Å²) in [5.41, 5.74) is 5.08. The molecule has 2 N–H and O–H groups in total. The minimum absolute atomic E-state index is 0.328. The zero-order chi connectivity index (χ0) is 14.5. The summed E-state index contributed by atoms with van der Waals surface area (Å²) in [6.45, 7) is 5.01. The van der Waals surface area contributed by atoms with E-state index in [9.17, 15) is 4.79 Å². The number of carbonyl (C=O) groups excluding carboxylic acids is 1. The molecule has 0 aromatic heterocycles. The van der Waals surface area contributed by atoms with Gasteiger partial charge in [0.1, 0.15) is 5.54 Å². The summed E-state index contributed by atoms with van der Waals surface area (Å²) in [4.78, 5) is 16.2. The summed E-state index contributed by atoms with van der Waals surface area (Å²) in [7, 11) is 5.72. The van der Waals surface area contributed by atoms with Gasteiger partial charge in [-0.15, -0.1) is 0 Å². The lowest BCUT2D eigenvalue weighted by Crippen LogP contribution is -2.46. The highest BCUT2D eigenvalue weighted by Gasteiger charge is 2.29. The summed E-state index contributed by atoms with van der Waals surface area (Å²) in [6, 6.07) is 0.676. The lowest BCUT2D eigenvalue weighted by atomic mass is 9.97. The summed E-state index contributed by atoms with van der Waals surface area (Å²) < 4.78 is 4.71. The van der Waals surface area contributed by atoms with E-state index in [4.69, 9.17) is 10.5 Å². The molecule has 2 atom stereocenters. The first-order valence-electron chi connectivity index (χ1n) is 7.13.